The van der Waals surface area contributed by atoms with Crippen molar-refractivity contribution < 1.29 is 9.47 Å². The average Bonchev–Trinajstić information content (AvgIpc) is 3.31. The van der Waals surface area contributed by atoms with Crippen LogP contribution in [-0.4, -0.2) is 28.1 Å². The number of hydrogen-bond donors (Lipinski definition) is 1. The normalized spacial score (nSPS) is 18.0. The molecule has 1 aromatic heterocycles. The third kappa shape index (κ3) is 3.88. The lowest BCUT2D eigenvalue weighted by atomic mass is 9.84. The highest BCUT2D eigenvalue weighted by Crippen LogP contribution is 2.52. The highest BCUT2D eigenvalue weighted by Gasteiger charge is 2.42. The first-order valence-corrected chi connectivity index (χ1v) is 13.7. The van der Waals surface area contributed by atoms with Crippen LogP contribution >= 0.6 is 39.3 Å². The Morgan fingerprint density at radius 1 is 1.11 bits per heavy atom. The number of aryl methyl sites for hydroxylation is 1. The summed E-state index contributed by atoms with van der Waals surface area (Å²) in [6.45, 7) is 2.08. The Balaban J connectivity index is 1.66. The van der Waals surface area contributed by atoms with Crippen LogP contribution < -0.4 is 14.8 Å². The molecule has 0 saturated heterocycles. The van der Waals surface area contributed by atoms with Crippen molar-refractivity contribution in [1.29, 1.82) is 0 Å². The van der Waals surface area contributed by atoms with E-state index in [1.54, 1.807) is 7.11 Å². The van der Waals surface area contributed by atoms with Gasteiger partial charge in [-0.05, 0) is 55.1 Å². The van der Waals surface area contributed by atoms with Gasteiger partial charge in [-0.3, -0.25) is 0 Å². The van der Waals surface area contributed by atoms with E-state index in [2.05, 4.69) is 52.4 Å². The molecule has 0 spiro atoms. The van der Waals surface area contributed by atoms with Crippen LogP contribution in [0, 0.1) is 6.92 Å². The number of anilines is 1. The molecule has 4 aromatic rings. The number of nitrogens with one attached hydrogen (secondary N) is 1. The molecule has 0 aliphatic carbocycles. The Morgan fingerprint density at radius 3 is 2.67 bits per heavy atom. The fourth-order valence-electron chi connectivity index (χ4n) is 4.81. The van der Waals surface area contributed by atoms with Crippen molar-refractivity contribution in [1.82, 2.24) is 14.8 Å². The number of thioether (sulfide) groups is 1. The van der Waals surface area contributed by atoms with Crippen molar-refractivity contribution >= 4 is 50.9 Å². The minimum absolute atomic E-state index is 0.258. The molecule has 0 fully saturated rings. The van der Waals surface area contributed by atoms with Crippen LogP contribution in [0.5, 0.6) is 11.5 Å². The third-order valence-corrected chi connectivity index (χ3v) is 7.73. The van der Waals surface area contributed by atoms with Crippen LogP contribution in [0.2, 0.25) is 5.02 Å². The summed E-state index contributed by atoms with van der Waals surface area (Å²) in [6, 6.07) is 19.9. The topological polar surface area (TPSA) is 61.2 Å². The van der Waals surface area contributed by atoms with E-state index in [0.29, 0.717) is 16.1 Å². The predicted molar refractivity (Wildman–Crippen MR) is 147 cm³/mol. The average molecular weight is 582 g/mol. The van der Waals surface area contributed by atoms with Crippen molar-refractivity contribution in [3.8, 4) is 11.5 Å². The van der Waals surface area contributed by atoms with Crippen LogP contribution in [0.15, 0.2) is 75.9 Å². The Hall–Kier alpha value is -2.94. The number of ether oxygens (including phenoxy) is 2. The molecule has 2 aliphatic rings. The fraction of sp³-hybridized carbons (Fsp3) is 0.185. The first kappa shape index (κ1) is 23.5. The van der Waals surface area contributed by atoms with Crippen LogP contribution in [-0.2, 0) is 0 Å². The second kappa shape index (κ2) is 9.18. The largest absolute Gasteiger partial charge is 0.496 e. The molecule has 0 unspecified atom stereocenters. The lowest BCUT2D eigenvalue weighted by Crippen LogP contribution is -2.32. The van der Waals surface area contributed by atoms with Crippen molar-refractivity contribution in [3.63, 3.8) is 0 Å². The number of methoxy groups -OCH3 is 1. The van der Waals surface area contributed by atoms with E-state index in [9.17, 15) is 0 Å². The summed E-state index contributed by atoms with van der Waals surface area (Å²) >= 11 is 11.6. The van der Waals surface area contributed by atoms with Crippen LogP contribution in [0.1, 0.15) is 34.4 Å². The molecule has 2 atom stereocenters. The Bertz CT molecular complexity index is 1520. The number of benzene rings is 3. The highest BCUT2D eigenvalue weighted by atomic mass is 79.9. The van der Waals surface area contributed by atoms with E-state index in [1.807, 2.05) is 47.3 Å². The van der Waals surface area contributed by atoms with Gasteiger partial charge in [0.05, 0.1) is 12.8 Å². The zero-order chi connectivity index (χ0) is 25.0. The van der Waals surface area contributed by atoms with Crippen molar-refractivity contribution in [2.75, 3.05) is 18.7 Å². The molecular formula is C27H22BrClN4O2S. The summed E-state index contributed by atoms with van der Waals surface area (Å²) in [7, 11) is 1.68. The van der Waals surface area contributed by atoms with E-state index < -0.39 is 6.10 Å². The standard InChI is InChI=1S/C27H22BrClN4O2S/c1-14-4-6-15(7-5-14)24-22-23(30-26-31-27(36-3)32-33(24)26)18-13-17(29)9-11-21(18)35-25(22)19-12-16(28)8-10-20(19)34-2/h4-13,24-25H,1-3H3,(H,30,31,32)/t24-,25+/m0/s1. The van der Waals surface area contributed by atoms with Crippen LogP contribution in [0.25, 0.3) is 5.70 Å². The van der Waals surface area contributed by atoms with Gasteiger partial charge >= 0.3 is 0 Å². The maximum Gasteiger partial charge on any atom is 0.227 e. The summed E-state index contributed by atoms with van der Waals surface area (Å²) in [5.74, 6) is 2.15. The van der Waals surface area contributed by atoms with Crippen molar-refractivity contribution in [2.24, 2.45) is 0 Å². The minimum Gasteiger partial charge on any atom is -0.496 e. The SMILES string of the molecule is COc1ccc(Br)cc1[C@H]1Oc2ccc(Cl)cc2C2=C1[C@H](c1ccc(C)cc1)n1nc(SC)nc1N2. The molecular weight excluding hydrogens is 560 g/mol. The predicted octanol–water partition coefficient (Wildman–Crippen LogP) is 7.29. The van der Waals surface area contributed by atoms with E-state index in [0.717, 1.165) is 43.9 Å². The van der Waals surface area contributed by atoms with Gasteiger partial charge in [-0.1, -0.05) is 69.1 Å². The molecule has 0 bridgehead atoms. The monoisotopic (exact) mass is 580 g/mol. The molecule has 6 rings (SSSR count). The molecule has 1 N–H and O–H groups in total. The van der Waals surface area contributed by atoms with Gasteiger partial charge in [0.1, 0.15) is 17.5 Å². The molecule has 36 heavy (non-hydrogen) atoms. The van der Waals surface area contributed by atoms with Crippen LogP contribution in [0.4, 0.5) is 5.95 Å². The summed E-state index contributed by atoms with van der Waals surface area (Å²) in [4.78, 5) is 4.76. The van der Waals surface area contributed by atoms with E-state index >= 15 is 0 Å². The smallest absolute Gasteiger partial charge is 0.227 e. The van der Waals surface area contributed by atoms with Gasteiger partial charge in [0.25, 0.3) is 0 Å². The van der Waals surface area contributed by atoms with Gasteiger partial charge in [0.2, 0.25) is 11.1 Å². The summed E-state index contributed by atoms with van der Waals surface area (Å²) in [6.07, 6.45) is 1.53. The zero-order valence-electron chi connectivity index (χ0n) is 19.8. The maximum absolute atomic E-state index is 6.74. The summed E-state index contributed by atoms with van der Waals surface area (Å²) < 4.78 is 15.4. The molecule has 0 amide bonds. The Kier molecular flexibility index (Phi) is 5.98. The molecule has 6 nitrogen and oxygen atoms in total. The molecule has 2 aliphatic heterocycles. The van der Waals surface area contributed by atoms with Crippen LogP contribution in [0.3, 0.4) is 0 Å². The summed E-state index contributed by atoms with van der Waals surface area (Å²) in [5, 5.41) is 9.74. The lowest BCUT2D eigenvalue weighted by molar-refractivity contribution is 0.217. The van der Waals surface area contributed by atoms with E-state index in [1.165, 1.54) is 17.3 Å². The maximum atomic E-state index is 6.74. The van der Waals surface area contributed by atoms with Crippen molar-refractivity contribution in [3.05, 3.63) is 98.0 Å². The van der Waals surface area contributed by atoms with Gasteiger partial charge < -0.3 is 14.8 Å². The second-order valence-electron chi connectivity index (χ2n) is 8.66. The minimum atomic E-state index is -0.449. The van der Waals surface area contributed by atoms with Crippen molar-refractivity contribution in [2.45, 2.75) is 24.2 Å². The third-order valence-electron chi connectivity index (χ3n) is 6.46. The van der Waals surface area contributed by atoms with E-state index in [4.69, 9.17) is 31.2 Å². The highest BCUT2D eigenvalue weighted by molar-refractivity contribution is 9.10. The first-order chi connectivity index (χ1) is 17.5. The first-order valence-electron chi connectivity index (χ1n) is 11.3. The lowest BCUT2D eigenvalue weighted by Gasteiger charge is -2.39. The number of rotatable bonds is 4. The molecule has 0 radical (unpaired) electrons. The zero-order valence-corrected chi connectivity index (χ0v) is 22.9. The van der Waals surface area contributed by atoms with Gasteiger partial charge in [-0.25, -0.2) is 4.68 Å². The fourth-order valence-corrected chi connectivity index (χ4v) is 5.70. The number of aromatic nitrogens is 3. The van der Waals surface area contributed by atoms with E-state index in [-0.39, 0.29) is 6.04 Å². The number of fused-ring (bicyclic) bond motifs is 3. The Morgan fingerprint density at radius 2 is 1.92 bits per heavy atom. The molecule has 9 heteroatoms. The molecule has 0 saturated carbocycles. The van der Waals surface area contributed by atoms with Gasteiger partial charge in [-0.15, -0.1) is 5.10 Å². The van der Waals surface area contributed by atoms with Gasteiger partial charge in [0, 0.05) is 26.2 Å². The molecule has 3 heterocycles. The quantitative estimate of drug-likeness (QED) is 0.255. The molecule has 3 aromatic carbocycles. The van der Waals surface area contributed by atoms with Gasteiger partial charge in [-0.2, -0.15) is 4.98 Å². The number of nitrogens with zero attached hydrogens (tertiary/aromatic N) is 3. The second-order valence-corrected chi connectivity index (χ2v) is 10.8. The van der Waals surface area contributed by atoms with Gasteiger partial charge in [0.15, 0.2) is 6.10 Å². The molecule has 182 valence electrons. The number of hydrogen-bond acceptors (Lipinski definition) is 6. The summed E-state index contributed by atoms with van der Waals surface area (Å²) in [5.41, 5.74) is 6.00. The Labute approximate surface area is 226 Å². The number of halogens is 2.